The second-order valence-corrected chi connectivity index (χ2v) is 5.77. The van der Waals surface area contributed by atoms with Crippen molar-refractivity contribution in [1.29, 1.82) is 0 Å². The number of ether oxygens (including phenoxy) is 1. The van der Waals surface area contributed by atoms with Gasteiger partial charge in [0.25, 0.3) is 5.91 Å². The van der Waals surface area contributed by atoms with E-state index in [9.17, 15) is 14.4 Å². The number of carbonyl (C=O) groups is 3. The lowest BCUT2D eigenvalue weighted by atomic mass is 10.2. The van der Waals surface area contributed by atoms with E-state index in [1.165, 1.54) is 6.21 Å². The number of hydrogen-bond acceptors (Lipinski definition) is 5. The van der Waals surface area contributed by atoms with Crippen molar-refractivity contribution in [2.75, 3.05) is 6.61 Å². The van der Waals surface area contributed by atoms with E-state index in [0.29, 0.717) is 16.3 Å². The molecule has 0 aliphatic rings. The summed E-state index contributed by atoms with van der Waals surface area (Å²) in [6, 6.07) is 13.4. The molecule has 0 saturated carbocycles. The summed E-state index contributed by atoms with van der Waals surface area (Å²) < 4.78 is 5.12. The zero-order valence-corrected chi connectivity index (χ0v) is 14.9. The Morgan fingerprint density at radius 2 is 1.70 bits per heavy atom. The first-order valence-corrected chi connectivity index (χ1v) is 8.18. The van der Waals surface area contributed by atoms with Crippen LogP contribution in [-0.2, 0) is 20.9 Å². The summed E-state index contributed by atoms with van der Waals surface area (Å²) in [5, 5.41) is 6.78. The Hall–Kier alpha value is -3.39. The molecule has 0 spiro atoms. The minimum Gasteiger partial charge on any atom is -0.484 e. The number of primary amides is 1. The Morgan fingerprint density at radius 3 is 2.33 bits per heavy atom. The van der Waals surface area contributed by atoms with E-state index >= 15 is 0 Å². The van der Waals surface area contributed by atoms with Gasteiger partial charge in [0, 0.05) is 11.6 Å². The number of carbonyl (C=O) groups excluding carboxylic acids is 3. The van der Waals surface area contributed by atoms with E-state index in [4.69, 9.17) is 22.1 Å². The first-order chi connectivity index (χ1) is 12.9. The Morgan fingerprint density at radius 1 is 1.04 bits per heavy atom. The van der Waals surface area contributed by atoms with E-state index in [1.807, 2.05) is 0 Å². The number of nitrogens with two attached hydrogens (primary N) is 1. The number of benzene rings is 2. The van der Waals surface area contributed by atoms with Crippen LogP contribution in [0.5, 0.6) is 5.75 Å². The largest absolute Gasteiger partial charge is 0.484 e. The van der Waals surface area contributed by atoms with Crippen molar-refractivity contribution in [2.24, 2.45) is 10.8 Å². The average molecular weight is 389 g/mol. The average Bonchev–Trinajstić information content (AvgIpc) is 2.66. The van der Waals surface area contributed by atoms with Gasteiger partial charge in [-0.2, -0.15) is 5.10 Å². The van der Waals surface area contributed by atoms with Gasteiger partial charge in [-0.25, -0.2) is 5.43 Å². The predicted molar refractivity (Wildman–Crippen MR) is 100 cm³/mol. The number of nitrogens with zero attached hydrogens (tertiary/aromatic N) is 1. The molecule has 0 fully saturated rings. The van der Waals surface area contributed by atoms with Gasteiger partial charge in [-0.15, -0.1) is 0 Å². The highest BCUT2D eigenvalue weighted by atomic mass is 35.5. The molecule has 0 bridgehead atoms. The number of amides is 3. The molecule has 0 atom stereocenters. The Balaban J connectivity index is 1.77. The van der Waals surface area contributed by atoms with Crippen molar-refractivity contribution in [1.82, 2.24) is 10.7 Å². The molecule has 4 N–H and O–H groups in total. The van der Waals surface area contributed by atoms with Gasteiger partial charge in [0.2, 0.25) is 0 Å². The fraction of sp³-hybridized carbons (Fsp3) is 0.111. The molecule has 2 aromatic rings. The molecule has 27 heavy (non-hydrogen) atoms. The zero-order chi connectivity index (χ0) is 19.6. The second-order valence-electron chi connectivity index (χ2n) is 5.33. The zero-order valence-electron chi connectivity index (χ0n) is 14.1. The minimum absolute atomic E-state index is 0.194. The van der Waals surface area contributed by atoms with Gasteiger partial charge < -0.3 is 15.8 Å². The summed E-state index contributed by atoms with van der Waals surface area (Å²) in [6.45, 7) is -0.0193. The molecule has 9 heteroatoms. The van der Waals surface area contributed by atoms with Crippen LogP contribution >= 0.6 is 11.6 Å². The van der Waals surface area contributed by atoms with Gasteiger partial charge in [0.05, 0.1) is 6.21 Å². The van der Waals surface area contributed by atoms with E-state index < -0.39 is 17.7 Å². The molecular formula is C18H17ClN4O4. The molecule has 3 amide bonds. The van der Waals surface area contributed by atoms with Gasteiger partial charge in [0.15, 0.2) is 6.61 Å². The molecule has 0 saturated heterocycles. The van der Waals surface area contributed by atoms with Gasteiger partial charge in [0.1, 0.15) is 5.75 Å². The number of halogens is 1. The first kappa shape index (κ1) is 19.9. The summed E-state index contributed by atoms with van der Waals surface area (Å²) in [6.07, 6.45) is 1.36. The quantitative estimate of drug-likeness (QED) is 0.371. The fourth-order valence-corrected chi connectivity index (χ4v) is 2.01. The third kappa shape index (κ3) is 7.17. The Bertz CT molecular complexity index is 835. The van der Waals surface area contributed by atoms with E-state index in [0.717, 1.165) is 5.56 Å². The van der Waals surface area contributed by atoms with Crippen LogP contribution in [0.4, 0.5) is 0 Å². The molecule has 140 valence electrons. The maximum Gasteiger partial charge on any atom is 0.329 e. The van der Waals surface area contributed by atoms with Crippen LogP contribution in [0.15, 0.2) is 53.6 Å². The highest BCUT2D eigenvalue weighted by Gasteiger charge is 2.11. The smallest absolute Gasteiger partial charge is 0.329 e. The summed E-state index contributed by atoms with van der Waals surface area (Å²) in [5.41, 5.74) is 8.59. The fourth-order valence-electron chi connectivity index (χ4n) is 1.89. The maximum absolute atomic E-state index is 11.7. The number of hydrazone groups is 1. The molecule has 0 heterocycles. The lowest BCUT2D eigenvalue weighted by Gasteiger charge is -2.04. The molecular weight excluding hydrogens is 372 g/mol. The molecule has 2 rings (SSSR count). The van der Waals surface area contributed by atoms with Crippen LogP contribution in [0.25, 0.3) is 0 Å². The molecule has 0 aliphatic heterocycles. The first-order valence-electron chi connectivity index (χ1n) is 7.81. The molecule has 0 unspecified atom stereocenters. The molecule has 0 aliphatic carbocycles. The Kier molecular flexibility index (Phi) is 7.33. The van der Waals surface area contributed by atoms with Gasteiger partial charge in [-0.1, -0.05) is 23.7 Å². The van der Waals surface area contributed by atoms with E-state index in [2.05, 4.69) is 15.8 Å². The normalized spacial score (nSPS) is 10.4. The van der Waals surface area contributed by atoms with Crippen molar-refractivity contribution < 1.29 is 19.1 Å². The third-order valence-corrected chi connectivity index (χ3v) is 3.47. The summed E-state index contributed by atoms with van der Waals surface area (Å²) in [4.78, 5) is 34.0. The van der Waals surface area contributed by atoms with Crippen molar-refractivity contribution in [2.45, 2.75) is 6.54 Å². The standard InChI is InChI=1S/C18H17ClN4O4/c19-14-5-1-12(2-6-14)9-21-17(25)18(26)23-22-10-13-3-7-15(8-4-13)27-11-16(20)24/h1-8,10H,9,11H2,(H2,20,24)(H,21,25)(H,23,26). The molecule has 8 nitrogen and oxygen atoms in total. The Labute approximate surface area is 160 Å². The number of hydrogen-bond donors (Lipinski definition) is 3. The van der Waals surface area contributed by atoms with E-state index in [-0.39, 0.29) is 13.2 Å². The van der Waals surface area contributed by atoms with Gasteiger partial charge in [-0.3, -0.25) is 14.4 Å². The lowest BCUT2D eigenvalue weighted by Crippen LogP contribution is -2.37. The van der Waals surface area contributed by atoms with Crippen LogP contribution in [0.1, 0.15) is 11.1 Å². The summed E-state index contributed by atoms with van der Waals surface area (Å²) >= 11 is 5.78. The monoisotopic (exact) mass is 388 g/mol. The van der Waals surface area contributed by atoms with Gasteiger partial charge >= 0.3 is 11.8 Å². The SMILES string of the molecule is NC(=O)COc1ccc(C=NNC(=O)C(=O)NCc2ccc(Cl)cc2)cc1. The van der Waals surface area contributed by atoms with Crippen molar-refractivity contribution in [3.63, 3.8) is 0 Å². The van der Waals surface area contributed by atoms with Crippen molar-refractivity contribution in [3.05, 3.63) is 64.7 Å². The molecule has 0 aromatic heterocycles. The summed E-state index contributed by atoms with van der Waals surface area (Å²) in [7, 11) is 0. The lowest BCUT2D eigenvalue weighted by molar-refractivity contribution is -0.139. The van der Waals surface area contributed by atoms with Crippen LogP contribution in [0, 0.1) is 0 Å². The topological polar surface area (TPSA) is 123 Å². The van der Waals surface area contributed by atoms with Gasteiger partial charge in [-0.05, 0) is 47.5 Å². The molecule has 0 radical (unpaired) electrons. The molecule has 2 aromatic carbocycles. The van der Waals surface area contributed by atoms with Crippen LogP contribution in [0.3, 0.4) is 0 Å². The highest BCUT2D eigenvalue weighted by molar-refractivity contribution is 6.35. The maximum atomic E-state index is 11.7. The minimum atomic E-state index is -0.887. The highest BCUT2D eigenvalue weighted by Crippen LogP contribution is 2.11. The number of rotatable bonds is 7. The van der Waals surface area contributed by atoms with Crippen molar-refractivity contribution in [3.8, 4) is 5.75 Å². The predicted octanol–water partition coefficient (Wildman–Crippen LogP) is 0.971. The third-order valence-electron chi connectivity index (χ3n) is 3.21. The van der Waals surface area contributed by atoms with Crippen molar-refractivity contribution >= 4 is 35.5 Å². The van der Waals surface area contributed by atoms with Crippen LogP contribution < -0.4 is 21.2 Å². The number of nitrogens with one attached hydrogen (secondary N) is 2. The van der Waals surface area contributed by atoms with Crippen LogP contribution in [0.2, 0.25) is 5.02 Å². The van der Waals surface area contributed by atoms with E-state index in [1.54, 1.807) is 48.5 Å². The summed E-state index contributed by atoms with van der Waals surface area (Å²) in [5.74, 6) is -1.80. The van der Waals surface area contributed by atoms with Crippen LogP contribution in [-0.4, -0.2) is 30.5 Å². The second kappa shape index (κ2) is 9.93.